The number of aromatic nitrogens is 1. The van der Waals surface area contributed by atoms with Crippen LogP contribution in [0.2, 0.25) is 0 Å². The van der Waals surface area contributed by atoms with E-state index in [1.54, 1.807) is 43.5 Å². The van der Waals surface area contributed by atoms with Crippen LogP contribution < -0.4 is 5.43 Å². The number of fused-ring (bicyclic) bond motifs is 2. The highest BCUT2D eigenvalue weighted by atomic mass is 16.3. The summed E-state index contributed by atoms with van der Waals surface area (Å²) in [5.41, 5.74) is 1.38. The number of hydrogen-bond donors (Lipinski definition) is 1. The minimum absolute atomic E-state index is 0.123. The van der Waals surface area contributed by atoms with Crippen LogP contribution in [-0.2, 0) is 0 Å². The summed E-state index contributed by atoms with van der Waals surface area (Å²) in [6, 6.07) is 8.47. The van der Waals surface area contributed by atoms with E-state index in [1.165, 1.54) is 0 Å². The molecular formula is C14H11NO3. The molecule has 2 heterocycles. The van der Waals surface area contributed by atoms with E-state index in [-0.39, 0.29) is 5.43 Å². The van der Waals surface area contributed by atoms with Gasteiger partial charge in [-0.15, -0.1) is 0 Å². The molecule has 1 atom stereocenters. The van der Waals surface area contributed by atoms with Gasteiger partial charge >= 0.3 is 0 Å². The van der Waals surface area contributed by atoms with Gasteiger partial charge in [-0.25, -0.2) is 4.98 Å². The van der Waals surface area contributed by atoms with Crippen molar-refractivity contribution in [3.63, 3.8) is 0 Å². The van der Waals surface area contributed by atoms with E-state index >= 15 is 0 Å². The first-order valence-electron chi connectivity index (χ1n) is 5.66. The molecule has 0 aliphatic carbocycles. The lowest BCUT2D eigenvalue weighted by atomic mass is 10.1. The van der Waals surface area contributed by atoms with Crippen molar-refractivity contribution in [3.8, 4) is 0 Å². The second-order valence-electron chi connectivity index (χ2n) is 4.22. The summed E-state index contributed by atoms with van der Waals surface area (Å²) in [6.07, 6.45) is 0.972. The van der Waals surface area contributed by atoms with E-state index in [9.17, 15) is 9.90 Å². The third-order valence-corrected chi connectivity index (χ3v) is 2.95. The van der Waals surface area contributed by atoms with E-state index in [4.69, 9.17) is 4.42 Å². The van der Waals surface area contributed by atoms with Crippen molar-refractivity contribution in [2.75, 3.05) is 0 Å². The average molecular weight is 241 g/mol. The minimum atomic E-state index is -0.613. The number of benzene rings is 1. The van der Waals surface area contributed by atoms with Gasteiger partial charge in [-0.1, -0.05) is 6.07 Å². The Hall–Kier alpha value is -2.20. The van der Waals surface area contributed by atoms with Crippen LogP contribution in [0.1, 0.15) is 18.6 Å². The molecule has 0 amide bonds. The summed E-state index contributed by atoms with van der Waals surface area (Å²) in [5, 5.41) is 10.5. The summed E-state index contributed by atoms with van der Waals surface area (Å²) < 4.78 is 5.57. The second kappa shape index (κ2) is 3.92. The molecule has 0 fully saturated rings. The zero-order chi connectivity index (χ0) is 12.7. The number of nitrogens with zero attached hydrogens (tertiary/aromatic N) is 1. The van der Waals surface area contributed by atoms with Crippen molar-refractivity contribution in [2.24, 2.45) is 0 Å². The number of hydrogen-bond acceptors (Lipinski definition) is 4. The largest absolute Gasteiger partial charge is 0.437 e. The predicted octanol–water partition coefficient (Wildman–Crippen LogP) is 2.39. The van der Waals surface area contributed by atoms with Gasteiger partial charge in [-0.05, 0) is 36.8 Å². The van der Waals surface area contributed by atoms with Crippen molar-refractivity contribution < 1.29 is 9.52 Å². The van der Waals surface area contributed by atoms with Crippen LogP contribution in [0.3, 0.4) is 0 Å². The molecule has 1 N–H and O–H groups in total. The van der Waals surface area contributed by atoms with Gasteiger partial charge in [0, 0.05) is 6.20 Å². The van der Waals surface area contributed by atoms with E-state index in [1.807, 2.05) is 0 Å². The topological polar surface area (TPSA) is 63.3 Å². The molecular weight excluding hydrogens is 230 g/mol. The lowest BCUT2D eigenvalue weighted by Gasteiger charge is -2.06. The normalized spacial score (nSPS) is 13.0. The van der Waals surface area contributed by atoms with Crippen LogP contribution in [0.5, 0.6) is 0 Å². The van der Waals surface area contributed by atoms with Gasteiger partial charge < -0.3 is 9.52 Å². The summed E-state index contributed by atoms with van der Waals surface area (Å²) in [7, 11) is 0. The first kappa shape index (κ1) is 10.9. The first-order chi connectivity index (χ1) is 8.66. The van der Waals surface area contributed by atoms with Crippen molar-refractivity contribution in [1.29, 1.82) is 0 Å². The maximum atomic E-state index is 12.3. The molecule has 1 unspecified atom stereocenters. The Morgan fingerprint density at radius 2 is 2.11 bits per heavy atom. The number of aliphatic hydroxyl groups is 1. The molecule has 2 aromatic heterocycles. The van der Waals surface area contributed by atoms with Crippen LogP contribution in [0.25, 0.3) is 22.1 Å². The third-order valence-electron chi connectivity index (χ3n) is 2.95. The Labute approximate surface area is 103 Å². The van der Waals surface area contributed by atoms with Gasteiger partial charge in [0.1, 0.15) is 5.58 Å². The van der Waals surface area contributed by atoms with Crippen molar-refractivity contribution in [3.05, 3.63) is 52.3 Å². The maximum absolute atomic E-state index is 12.3. The van der Waals surface area contributed by atoms with Gasteiger partial charge in [-0.3, -0.25) is 4.79 Å². The van der Waals surface area contributed by atoms with Crippen LogP contribution in [0.15, 0.2) is 45.7 Å². The molecule has 0 saturated heterocycles. The highest BCUT2D eigenvalue weighted by Gasteiger charge is 2.10. The highest BCUT2D eigenvalue weighted by Crippen LogP contribution is 2.20. The summed E-state index contributed by atoms with van der Waals surface area (Å²) in [5.74, 6) is 0. The van der Waals surface area contributed by atoms with E-state index in [2.05, 4.69) is 4.98 Å². The van der Waals surface area contributed by atoms with Gasteiger partial charge in [0.25, 0.3) is 0 Å². The molecule has 3 aromatic rings. The van der Waals surface area contributed by atoms with Crippen molar-refractivity contribution in [2.45, 2.75) is 13.0 Å². The number of pyridine rings is 1. The summed E-state index contributed by atoms with van der Waals surface area (Å²) >= 11 is 0. The Morgan fingerprint density at radius 1 is 1.28 bits per heavy atom. The molecule has 0 bridgehead atoms. The number of rotatable bonds is 1. The molecule has 0 aliphatic rings. The van der Waals surface area contributed by atoms with Crippen LogP contribution in [0.4, 0.5) is 0 Å². The van der Waals surface area contributed by atoms with Crippen molar-refractivity contribution in [1.82, 2.24) is 4.98 Å². The first-order valence-corrected chi connectivity index (χ1v) is 5.66. The Morgan fingerprint density at radius 3 is 2.89 bits per heavy atom. The summed E-state index contributed by atoms with van der Waals surface area (Å²) in [6.45, 7) is 1.66. The molecule has 0 radical (unpaired) electrons. The van der Waals surface area contributed by atoms with Gasteiger partial charge in [-0.2, -0.15) is 0 Å². The third kappa shape index (κ3) is 1.58. The molecule has 3 rings (SSSR count). The highest BCUT2D eigenvalue weighted by molar-refractivity contribution is 5.88. The monoisotopic (exact) mass is 241 g/mol. The zero-order valence-electron chi connectivity index (χ0n) is 9.75. The smallest absolute Gasteiger partial charge is 0.230 e. The Balaban J connectivity index is 2.45. The molecule has 4 nitrogen and oxygen atoms in total. The Kier molecular flexibility index (Phi) is 2.38. The molecule has 90 valence electrons. The minimum Gasteiger partial charge on any atom is -0.437 e. The molecule has 0 saturated carbocycles. The van der Waals surface area contributed by atoms with Gasteiger partial charge in [0.15, 0.2) is 0 Å². The fourth-order valence-electron chi connectivity index (χ4n) is 1.97. The van der Waals surface area contributed by atoms with Crippen molar-refractivity contribution >= 4 is 22.1 Å². The second-order valence-corrected chi connectivity index (χ2v) is 4.22. The Bertz CT molecular complexity index is 790. The zero-order valence-corrected chi connectivity index (χ0v) is 9.75. The SMILES string of the molecule is CC(O)c1ccc2oc3ncccc3c(=O)c2c1. The lowest BCUT2D eigenvalue weighted by molar-refractivity contribution is 0.199. The molecule has 4 heteroatoms. The fourth-order valence-corrected chi connectivity index (χ4v) is 1.97. The van der Waals surface area contributed by atoms with Crippen LogP contribution >= 0.6 is 0 Å². The lowest BCUT2D eigenvalue weighted by Crippen LogP contribution is -2.04. The quantitative estimate of drug-likeness (QED) is 0.664. The van der Waals surface area contributed by atoms with Crippen LogP contribution in [-0.4, -0.2) is 10.1 Å². The fraction of sp³-hybridized carbons (Fsp3) is 0.143. The van der Waals surface area contributed by atoms with E-state index in [0.29, 0.717) is 27.6 Å². The summed E-state index contributed by atoms with van der Waals surface area (Å²) in [4.78, 5) is 16.3. The molecule has 0 aliphatic heterocycles. The predicted molar refractivity (Wildman–Crippen MR) is 68.4 cm³/mol. The van der Waals surface area contributed by atoms with Gasteiger partial charge in [0.05, 0.1) is 16.9 Å². The molecule has 1 aromatic carbocycles. The van der Waals surface area contributed by atoms with E-state index in [0.717, 1.165) is 0 Å². The van der Waals surface area contributed by atoms with Crippen LogP contribution in [0, 0.1) is 0 Å². The molecule has 0 spiro atoms. The standard InChI is InChI=1S/C14H11NO3/c1-8(16)9-4-5-12-11(7-9)13(17)10-3-2-6-15-14(10)18-12/h2-8,16H,1H3. The van der Waals surface area contributed by atoms with E-state index < -0.39 is 6.10 Å². The maximum Gasteiger partial charge on any atom is 0.230 e. The average Bonchev–Trinajstić information content (AvgIpc) is 2.38. The van der Waals surface area contributed by atoms with Gasteiger partial charge in [0.2, 0.25) is 11.1 Å². The molecule has 18 heavy (non-hydrogen) atoms. The number of aliphatic hydroxyl groups excluding tert-OH is 1.